The van der Waals surface area contributed by atoms with Gasteiger partial charge >= 0.3 is 0 Å². The summed E-state index contributed by atoms with van der Waals surface area (Å²) in [5.74, 6) is 0.336. The Labute approximate surface area is 86.2 Å². The van der Waals surface area contributed by atoms with Crippen molar-refractivity contribution < 1.29 is 5.11 Å². The van der Waals surface area contributed by atoms with Crippen molar-refractivity contribution in [2.45, 2.75) is 26.3 Å². The van der Waals surface area contributed by atoms with Crippen molar-refractivity contribution >= 4 is 0 Å². The molecule has 0 amide bonds. The first kappa shape index (κ1) is 11.1. The Balaban J connectivity index is 2.84. The van der Waals surface area contributed by atoms with Crippen molar-refractivity contribution in [2.75, 3.05) is 13.6 Å². The summed E-state index contributed by atoms with van der Waals surface area (Å²) in [7, 11) is 2.13. The van der Waals surface area contributed by atoms with E-state index in [0.29, 0.717) is 11.8 Å². The molecule has 1 aromatic rings. The SMILES string of the molecule is CCC(c1ccc(O)cc1)N(C)CC. The molecule has 1 atom stereocenters. The van der Waals surface area contributed by atoms with Crippen LogP contribution in [0.3, 0.4) is 0 Å². The first-order valence-electron chi connectivity index (χ1n) is 5.18. The van der Waals surface area contributed by atoms with Gasteiger partial charge in [-0.05, 0) is 37.7 Å². The quantitative estimate of drug-likeness (QED) is 0.794. The number of rotatable bonds is 4. The topological polar surface area (TPSA) is 23.5 Å². The summed E-state index contributed by atoms with van der Waals surface area (Å²) in [6.45, 7) is 5.38. The van der Waals surface area contributed by atoms with E-state index < -0.39 is 0 Å². The van der Waals surface area contributed by atoms with Crippen molar-refractivity contribution in [1.29, 1.82) is 0 Å². The van der Waals surface area contributed by atoms with Crippen LogP contribution in [0.25, 0.3) is 0 Å². The Kier molecular flexibility index (Phi) is 3.96. The second kappa shape index (κ2) is 5.01. The first-order chi connectivity index (χ1) is 6.69. The zero-order valence-corrected chi connectivity index (χ0v) is 9.20. The van der Waals surface area contributed by atoms with E-state index in [1.807, 2.05) is 12.1 Å². The maximum absolute atomic E-state index is 9.19. The number of benzene rings is 1. The number of aromatic hydroxyl groups is 1. The molecule has 0 saturated heterocycles. The third-order valence-electron chi connectivity index (χ3n) is 2.70. The van der Waals surface area contributed by atoms with E-state index in [9.17, 15) is 5.11 Å². The molecule has 2 heteroatoms. The van der Waals surface area contributed by atoms with Crippen molar-refractivity contribution in [1.82, 2.24) is 4.90 Å². The van der Waals surface area contributed by atoms with Gasteiger partial charge in [0.05, 0.1) is 0 Å². The average molecular weight is 193 g/mol. The van der Waals surface area contributed by atoms with Crippen LogP contribution in [-0.4, -0.2) is 23.6 Å². The fraction of sp³-hybridized carbons (Fsp3) is 0.500. The molecule has 0 bridgehead atoms. The zero-order chi connectivity index (χ0) is 10.6. The molecule has 1 N–H and O–H groups in total. The van der Waals surface area contributed by atoms with E-state index in [-0.39, 0.29) is 0 Å². The fourth-order valence-corrected chi connectivity index (χ4v) is 1.72. The van der Waals surface area contributed by atoms with Crippen LogP contribution < -0.4 is 0 Å². The van der Waals surface area contributed by atoms with Gasteiger partial charge in [0.1, 0.15) is 5.75 Å². The lowest BCUT2D eigenvalue weighted by atomic mass is 10.0. The van der Waals surface area contributed by atoms with Gasteiger partial charge in [-0.15, -0.1) is 0 Å². The maximum Gasteiger partial charge on any atom is 0.115 e. The molecule has 14 heavy (non-hydrogen) atoms. The minimum Gasteiger partial charge on any atom is -0.508 e. The van der Waals surface area contributed by atoms with E-state index in [0.717, 1.165) is 13.0 Å². The summed E-state index contributed by atoms with van der Waals surface area (Å²) >= 11 is 0. The molecule has 0 spiro atoms. The van der Waals surface area contributed by atoms with E-state index >= 15 is 0 Å². The molecule has 0 aliphatic carbocycles. The van der Waals surface area contributed by atoms with E-state index in [1.54, 1.807) is 12.1 Å². The second-order valence-electron chi connectivity index (χ2n) is 3.59. The maximum atomic E-state index is 9.19. The van der Waals surface area contributed by atoms with Gasteiger partial charge in [0.2, 0.25) is 0 Å². The predicted molar refractivity (Wildman–Crippen MR) is 59.4 cm³/mol. The van der Waals surface area contributed by atoms with Gasteiger partial charge < -0.3 is 5.11 Å². The Hall–Kier alpha value is -1.02. The molecule has 1 aromatic carbocycles. The summed E-state index contributed by atoms with van der Waals surface area (Å²) in [5, 5.41) is 9.19. The van der Waals surface area contributed by atoms with Crippen LogP contribution in [0.4, 0.5) is 0 Å². The lowest BCUT2D eigenvalue weighted by Gasteiger charge is -2.26. The molecule has 0 aliphatic heterocycles. The monoisotopic (exact) mass is 193 g/mol. The van der Waals surface area contributed by atoms with Crippen LogP contribution in [0, 0.1) is 0 Å². The molecule has 0 radical (unpaired) electrons. The smallest absolute Gasteiger partial charge is 0.115 e. The standard InChI is InChI=1S/C12H19NO/c1-4-12(13(3)5-2)10-6-8-11(14)9-7-10/h6-9,12,14H,4-5H2,1-3H3. The third-order valence-corrected chi connectivity index (χ3v) is 2.70. The summed E-state index contributed by atoms with van der Waals surface area (Å²) in [6.07, 6.45) is 1.09. The summed E-state index contributed by atoms with van der Waals surface area (Å²) in [4.78, 5) is 2.31. The van der Waals surface area contributed by atoms with Gasteiger partial charge in [-0.1, -0.05) is 26.0 Å². The van der Waals surface area contributed by atoms with Crippen LogP contribution in [0.1, 0.15) is 31.9 Å². The summed E-state index contributed by atoms with van der Waals surface area (Å²) < 4.78 is 0. The van der Waals surface area contributed by atoms with Crippen molar-refractivity contribution in [3.8, 4) is 5.75 Å². The van der Waals surface area contributed by atoms with E-state index in [1.165, 1.54) is 5.56 Å². The van der Waals surface area contributed by atoms with Crippen molar-refractivity contribution in [2.24, 2.45) is 0 Å². The van der Waals surface area contributed by atoms with Crippen LogP contribution in [0.5, 0.6) is 5.75 Å². The highest BCUT2D eigenvalue weighted by Crippen LogP contribution is 2.23. The number of phenolic OH excluding ortho intramolecular Hbond substituents is 1. The largest absolute Gasteiger partial charge is 0.508 e. The second-order valence-corrected chi connectivity index (χ2v) is 3.59. The van der Waals surface area contributed by atoms with Gasteiger partial charge in [-0.25, -0.2) is 0 Å². The molecule has 2 nitrogen and oxygen atoms in total. The van der Waals surface area contributed by atoms with Gasteiger partial charge in [0.15, 0.2) is 0 Å². The Morgan fingerprint density at radius 3 is 2.21 bits per heavy atom. The molecular weight excluding hydrogens is 174 g/mol. The van der Waals surface area contributed by atoms with Gasteiger partial charge in [0.25, 0.3) is 0 Å². The minimum absolute atomic E-state index is 0.336. The minimum atomic E-state index is 0.336. The highest BCUT2D eigenvalue weighted by Gasteiger charge is 2.12. The molecule has 0 aromatic heterocycles. The molecule has 0 saturated carbocycles. The molecular formula is C12H19NO. The van der Waals surface area contributed by atoms with Crippen LogP contribution in [-0.2, 0) is 0 Å². The normalized spacial score (nSPS) is 13.1. The number of nitrogens with zero attached hydrogens (tertiary/aromatic N) is 1. The lowest BCUT2D eigenvalue weighted by molar-refractivity contribution is 0.251. The van der Waals surface area contributed by atoms with Crippen molar-refractivity contribution in [3.63, 3.8) is 0 Å². The summed E-state index contributed by atoms with van der Waals surface area (Å²) in [5.41, 5.74) is 1.27. The average Bonchev–Trinajstić information content (AvgIpc) is 2.21. The lowest BCUT2D eigenvalue weighted by Crippen LogP contribution is -2.23. The number of hydrogen-bond donors (Lipinski definition) is 1. The molecule has 78 valence electrons. The molecule has 1 rings (SSSR count). The van der Waals surface area contributed by atoms with Crippen LogP contribution in [0.2, 0.25) is 0 Å². The predicted octanol–water partition coefficient (Wildman–Crippen LogP) is 2.80. The first-order valence-corrected chi connectivity index (χ1v) is 5.18. The highest BCUT2D eigenvalue weighted by molar-refractivity contribution is 5.27. The number of phenols is 1. The third kappa shape index (κ3) is 2.48. The zero-order valence-electron chi connectivity index (χ0n) is 9.20. The van der Waals surface area contributed by atoms with Gasteiger partial charge in [0, 0.05) is 6.04 Å². The van der Waals surface area contributed by atoms with Gasteiger partial charge in [-0.3, -0.25) is 4.90 Å². The molecule has 0 heterocycles. The molecule has 0 aliphatic rings. The van der Waals surface area contributed by atoms with E-state index in [4.69, 9.17) is 0 Å². The summed E-state index contributed by atoms with van der Waals surface area (Å²) in [6, 6.07) is 7.95. The van der Waals surface area contributed by atoms with Crippen LogP contribution >= 0.6 is 0 Å². The Morgan fingerprint density at radius 2 is 1.79 bits per heavy atom. The highest BCUT2D eigenvalue weighted by atomic mass is 16.3. The molecule has 1 unspecified atom stereocenters. The van der Waals surface area contributed by atoms with Gasteiger partial charge in [-0.2, -0.15) is 0 Å². The van der Waals surface area contributed by atoms with E-state index in [2.05, 4.69) is 25.8 Å². The Morgan fingerprint density at radius 1 is 1.21 bits per heavy atom. The van der Waals surface area contributed by atoms with Crippen molar-refractivity contribution in [3.05, 3.63) is 29.8 Å². The fourth-order valence-electron chi connectivity index (χ4n) is 1.72. The van der Waals surface area contributed by atoms with Crippen LogP contribution in [0.15, 0.2) is 24.3 Å². The molecule has 0 fully saturated rings. The Bertz CT molecular complexity index is 268. The number of hydrogen-bond acceptors (Lipinski definition) is 2.